The first-order chi connectivity index (χ1) is 10.5. The zero-order valence-electron chi connectivity index (χ0n) is 13.0. The van der Waals surface area contributed by atoms with Crippen LogP contribution in [0.4, 0.5) is 5.69 Å². The predicted octanol–water partition coefficient (Wildman–Crippen LogP) is 2.63. The molecule has 5 heteroatoms. The second kappa shape index (κ2) is 6.47. The first kappa shape index (κ1) is 15.8. The Kier molecular flexibility index (Phi) is 4.65. The second-order valence-corrected chi connectivity index (χ2v) is 5.20. The Morgan fingerprint density at radius 2 is 1.86 bits per heavy atom. The minimum atomic E-state index is -0.997. The molecule has 2 aromatic rings. The molecule has 0 unspecified atom stereocenters. The molecule has 0 aliphatic carbocycles. The number of carbonyl (C=O) groups is 2. The molecule has 0 aliphatic rings. The van der Waals surface area contributed by atoms with Crippen LogP contribution in [0.2, 0.25) is 0 Å². The van der Waals surface area contributed by atoms with E-state index in [9.17, 15) is 14.7 Å². The molecule has 2 rings (SSSR count). The van der Waals surface area contributed by atoms with E-state index >= 15 is 0 Å². The van der Waals surface area contributed by atoms with Crippen molar-refractivity contribution in [3.63, 3.8) is 0 Å². The number of hydrogen-bond donors (Lipinski definition) is 1. The van der Waals surface area contributed by atoms with Crippen LogP contribution >= 0.6 is 0 Å². The Bertz CT molecular complexity index is 689. The minimum Gasteiger partial charge on any atom is -0.478 e. The summed E-state index contributed by atoms with van der Waals surface area (Å²) < 4.78 is 1.72. The number of carbonyl (C=O) groups excluding carboxylic acids is 1. The molecule has 1 N–H and O–H groups in total. The minimum absolute atomic E-state index is 0.0642. The van der Waals surface area contributed by atoms with Crippen LogP contribution in [0.25, 0.3) is 0 Å². The van der Waals surface area contributed by atoms with Gasteiger partial charge in [0.15, 0.2) is 0 Å². The molecule has 22 heavy (non-hydrogen) atoms. The predicted molar refractivity (Wildman–Crippen MR) is 85.3 cm³/mol. The molecule has 5 nitrogen and oxygen atoms in total. The van der Waals surface area contributed by atoms with Crippen molar-refractivity contribution in [1.82, 2.24) is 4.57 Å². The third-order valence-electron chi connectivity index (χ3n) is 3.71. The van der Waals surface area contributed by atoms with Crippen molar-refractivity contribution in [3.8, 4) is 0 Å². The molecule has 1 aromatic carbocycles. The van der Waals surface area contributed by atoms with Crippen molar-refractivity contribution in [2.45, 2.75) is 20.3 Å². The Balaban J connectivity index is 2.31. The van der Waals surface area contributed by atoms with E-state index in [0.717, 1.165) is 5.69 Å². The third-order valence-corrected chi connectivity index (χ3v) is 3.71. The molecular weight excluding hydrogens is 280 g/mol. The van der Waals surface area contributed by atoms with Crippen molar-refractivity contribution >= 4 is 17.6 Å². The van der Waals surface area contributed by atoms with Gasteiger partial charge in [0.25, 0.3) is 0 Å². The molecule has 1 amide bonds. The Morgan fingerprint density at radius 1 is 1.23 bits per heavy atom. The van der Waals surface area contributed by atoms with Gasteiger partial charge < -0.3 is 14.6 Å². The Labute approximate surface area is 129 Å². The Hall–Kier alpha value is -2.56. The normalized spacial score (nSPS) is 10.5. The van der Waals surface area contributed by atoms with Crippen LogP contribution in [0.5, 0.6) is 0 Å². The van der Waals surface area contributed by atoms with E-state index in [1.165, 1.54) is 0 Å². The van der Waals surface area contributed by atoms with E-state index in [0.29, 0.717) is 17.8 Å². The van der Waals surface area contributed by atoms with Crippen LogP contribution in [0.15, 0.2) is 36.5 Å². The Morgan fingerprint density at radius 3 is 2.41 bits per heavy atom. The first-order valence-corrected chi connectivity index (χ1v) is 7.19. The maximum atomic E-state index is 12.6. The standard InChI is InChI=1S/C17H20N2O3/c1-4-19(13-8-6-5-7-9-13)15(20)10-14-16(17(21)22)12(2)11-18(14)3/h5-9,11H,4,10H2,1-3H3,(H,21,22). The molecule has 1 aromatic heterocycles. The zero-order chi connectivity index (χ0) is 16.3. The van der Waals surface area contributed by atoms with Crippen molar-refractivity contribution in [1.29, 1.82) is 0 Å². The van der Waals surface area contributed by atoms with Gasteiger partial charge in [0.2, 0.25) is 5.91 Å². The summed E-state index contributed by atoms with van der Waals surface area (Å²) in [5.74, 6) is -1.11. The second-order valence-electron chi connectivity index (χ2n) is 5.20. The molecule has 0 spiro atoms. The summed E-state index contributed by atoms with van der Waals surface area (Å²) >= 11 is 0. The molecule has 116 valence electrons. The summed E-state index contributed by atoms with van der Waals surface area (Å²) in [4.78, 5) is 25.7. The summed E-state index contributed by atoms with van der Waals surface area (Å²) in [6.45, 7) is 4.18. The number of rotatable bonds is 5. The molecule has 0 aliphatic heterocycles. The van der Waals surface area contributed by atoms with Crippen LogP contribution in [-0.2, 0) is 18.3 Å². The summed E-state index contributed by atoms with van der Waals surface area (Å²) in [6.07, 6.45) is 1.81. The van der Waals surface area contributed by atoms with Crippen molar-refractivity contribution < 1.29 is 14.7 Å². The van der Waals surface area contributed by atoms with Crippen LogP contribution in [0.1, 0.15) is 28.5 Å². The van der Waals surface area contributed by atoms with Gasteiger partial charge in [-0.3, -0.25) is 4.79 Å². The zero-order valence-corrected chi connectivity index (χ0v) is 13.0. The molecule has 1 heterocycles. The lowest BCUT2D eigenvalue weighted by atomic mass is 10.1. The quantitative estimate of drug-likeness (QED) is 0.923. The molecular formula is C17H20N2O3. The average Bonchev–Trinajstić information content (AvgIpc) is 2.75. The van der Waals surface area contributed by atoms with Gasteiger partial charge in [-0.2, -0.15) is 0 Å². The molecule has 0 fully saturated rings. The van der Waals surface area contributed by atoms with Gasteiger partial charge in [-0.05, 0) is 31.5 Å². The van der Waals surface area contributed by atoms with Crippen LogP contribution in [-0.4, -0.2) is 28.1 Å². The number of nitrogens with zero attached hydrogens (tertiary/aromatic N) is 2. The van der Waals surface area contributed by atoms with Gasteiger partial charge in [0.1, 0.15) is 0 Å². The fraction of sp³-hybridized carbons (Fsp3) is 0.294. The number of hydrogen-bond acceptors (Lipinski definition) is 2. The highest BCUT2D eigenvalue weighted by molar-refractivity contribution is 5.97. The van der Waals surface area contributed by atoms with E-state index in [1.807, 2.05) is 37.3 Å². The number of amides is 1. The van der Waals surface area contributed by atoms with E-state index in [1.54, 1.807) is 29.6 Å². The number of carboxylic acids is 1. The summed E-state index contributed by atoms with van der Waals surface area (Å²) in [7, 11) is 1.76. The number of aryl methyl sites for hydroxylation is 2. The van der Waals surface area contributed by atoms with Crippen LogP contribution < -0.4 is 4.90 Å². The molecule has 0 radical (unpaired) electrons. The molecule has 0 saturated carbocycles. The van der Waals surface area contributed by atoms with Crippen molar-refractivity contribution in [3.05, 3.63) is 53.3 Å². The fourth-order valence-corrected chi connectivity index (χ4v) is 2.69. The lowest BCUT2D eigenvalue weighted by Gasteiger charge is -2.21. The average molecular weight is 300 g/mol. The topological polar surface area (TPSA) is 62.5 Å². The van der Waals surface area contributed by atoms with Gasteiger partial charge in [-0.1, -0.05) is 18.2 Å². The number of para-hydroxylation sites is 1. The van der Waals surface area contributed by atoms with Gasteiger partial charge >= 0.3 is 5.97 Å². The van der Waals surface area contributed by atoms with E-state index in [4.69, 9.17) is 0 Å². The lowest BCUT2D eigenvalue weighted by Crippen LogP contribution is -2.32. The number of aromatic nitrogens is 1. The van der Waals surface area contributed by atoms with E-state index < -0.39 is 5.97 Å². The van der Waals surface area contributed by atoms with Crippen LogP contribution in [0.3, 0.4) is 0 Å². The highest BCUT2D eigenvalue weighted by atomic mass is 16.4. The van der Waals surface area contributed by atoms with Crippen molar-refractivity contribution in [2.75, 3.05) is 11.4 Å². The van der Waals surface area contributed by atoms with Gasteiger partial charge in [-0.15, -0.1) is 0 Å². The highest BCUT2D eigenvalue weighted by Gasteiger charge is 2.22. The maximum Gasteiger partial charge on any atom is 0.337 e. The summed E-state index contributed by atoms with van der Waals surface area (Å²) in [5, 5.41) is 9.35. The van der Waals surface area contributed by atoms with E-state index in [-0.39, 0.29) is 17.9 Å². The van der Waals surface area contributed by atoms with Crippen LogP contribution in [0, 0.1) is 6.92 Å². The maximum absolute atomic E-state index is 12.6. The van der Waals surface area contributed by atoms with Gasteiger partial charge in [-0.25, -0.2) is 4.79 Å². The lowest BCUT2D eigenvalue weighted by molar-refractivity contribution is -0.118. The smallest absolute Gasteiger partial charge is 0.337 e. The SMILES string of the molecule is CCN(C(=O)Cc1c(C(=O)O)c(C)cn1C)c1ccccc1. The highest BCUT2D eigenvalue weighted by Crippen LogP contribution is 2.20. The fourth-order valence-electron chi connectivity index (χ4n) is 2.69. The van der Waals surface area contributed by atoms with E-state index in [2.05, 4.69) is 0 Å². The third kappa shape index (κ3) is 3.03. The molecule has 0 atom stereocenters. The van der Waals surface area contributed by atoms with Gasteiger partial charge in [0, 0.05) is 31.2 Å². The number of likely N-dealkylation sites (N-methyl/N-ethyl adjacent to an activating group) is 1. The first-order valence-electron chi connectivity index (χ1n) is 7.19. The number of carboxylic acid groups (broad SMARTS) is 1. The molecule has 0 saturated heterocycles. The number of benzene rings is 1. The largest absolute Gasteiger partial charge is 0.478 e. The number of aromatic carboxylic acids is 1. The van der Waals surface area contributed by atoms with Gasteiger partial charge in [0.05, 0.1) is 12.0 Å². The molecule has 0 bridgehead atoms. The van der Waals surface area contributed by atoms with Crippen molar-refractivity contribution in [2.24, 2.45) is 7.05 Å². The summed E-state index contributed by atoms with van der Waals surface area (Å²) in [5.41, 5.74) is 2.24. The summed E-state index contributed by atoms with van der Waals surface area (Å²) in [6, 6.07) is 9.39. The monoisotopic (exact) mass is 300 g/mol. The number of anilines is 1.